The predicted octanol–water partition coefficient (Wildman–Crippen LogP) is 3.04. The number of hydrogen-bond acceptors (Lipinski definition) is 4. The fourth-order valence-electron chi connectivity index (χ4n) is 3.39. The lowest BCUT2D eigenvalue weighted by atomic mass is 9.95. The highest BCUT2D eigenvalue weighted by molar-refractivity contribution is 5.42. The van der Waals surface area contributed by atoms with Crippen LogP contribution >= 0.6 is 0 Å². The molecule has 0 radical (unpaired) electrons. The summed E-state index contributed by atoms with van der Waals surface area (Å²) in [6, 6.07) is 0.391. The quantitative estimate of drug-likeness (QED) is 0.858. The van der Waals surface area contributed by atoms with E-state index in [1.54, 1.807) is 0 Å². The molecular formula is C14H21FN4. The maximum atomic E-state index is 13.8. The maximum absolute atomic E-state index is 13.8. The molecule has 0 aromatic carbocycles. The summed E-state index contributed by atoms with van der Waals surface area (Å²) >= 11 is 0. The van der Waals surface area contributed by atoms with Crippen LogP contribution in [0.15, 0.2) is 6.20 Å². The molecule has 0 amide bonds. The number of halogens is 1. The molecule has 2 aliphatic carbocycles. The summed E-state index contributed by atoms with van der Waals surface area (Å²) in [5, 5.41) is 6.38. The van der Waals surface area contributed by atoms with E-state index >= 15 is 0 Å². The minimum atomic E-state index is -0.357. The molecule has 3 atom stereocenters. The SMILES string of the molecule is CCCNc1ncc(F)c(NC2CC3CCC2C3)n1. The zero-order chi connectivity index (χ0) is 13.2. The molecule has 104 valence electrons. The summed E-state index contributed by atoms with van der Waals surface area (Å²) in [7, 11) is 0. The Kier molecular flexibility index (Phi) is 3.53. The molecule has 1 aromatic rings. The van der Waals surface area contributed by atoms with E-state index in [4.69, 9.17) is 0 Å². The van der Waals surface area contributed by atoms with Crippen molar-refractivity contribution in [1.29, 1.82) is 0 Å². The summed E-state index contributed by atoms with van der Waals surface area (Å²) in [5.74, 6) is 2.04. The van der Waals surface area contributed by atoms with Crippen molar-refractivity contribution in [1.82, 2.24) is 9.97 Å². The van der Waals surface area contributed by atoms with Crippen LogP contribution in [0.4, 0.5) is 16.2 Å². The van der Waals surface area contributed by atoms with Crippen molar-refractivity contribution in [3.8, 4) is 0 Å². The van der Waals surface area contributed by atoms with E-state index in [9.17, 15) is 4.39 Å². The second kappa shape index (κ2) is 5.31. The van der Waals surface area contributed by atoms with Crippen LogP contribution in [0, 0.1) is 17.7 Å². The number of anilines is 2. The summed E-state index contributed by atoms with van der Waals surface area (Å²) < 4.78 is 13.8. The van der Waals surface area contributed by atoms with Gasteiger partial charge in [0.25, 0.3) is 0 Å². The Morgan fingerprint density at radius 1 is 1.37 bits per heavy atom. The zero-order valence-corrected chi connectivity index (χ0v) is 11.3. The number of hydrogen-bond donors (Lipinski definition) is 2. The molecule has 3 rings (SSSR count). The van der Waals surface area contributed by atoms with Crippen molar-refractivity contribution < 1.29 is 4.39 Å². The highest BCUT2D eigenvalue weighted by atomic mass is 19.1. The van der Waals surface area contributed by atoms with Crippen LogP contribution in [-0.2, 0) is 0 Å². The molecular weight excluding hydrogens is 243 g/mol. The van der Waals surface area contributed by atoms with Crippen molar-refractivity contribution in [3.63, 3.8) is 0 Å². The van der Waals surface area contributed by atoms with E-state index < -0.39 is 0 Å². The van der Waals surface area contributed by atoms with Gasteiger partial charge in [0.1, 0.15) is 0 Å². The largest absolute Gasteiger partial charge is 0.364 e. The van der Waals surface area contributed by atoms with E-state index in [-0.39, 0.29) is 5.82 Å². The Labute approximate surface area is 113 Å². The van der Waals surface area contributed by atoms with Crippen LogP contribution in [0.2, 0.25) is 0 Å². The molecule has 2 fully saturated rings. The van der Waals surface area contributed by atoms with Crippen LogP contribution in [0.5, 0.6) is 0 Å². The van der Waals surface area contributed by atoms with E-state index in [1.165, 1.54) is 25.5 Å². The van der Waals surface area contributed by atoms with Crippen LogP contribution in [0.1, 0.15) is 39.0 Å². The molecule has 0 spiro atoms. The minimum absolute atomic E-state index is 0.353. The lowest BCUT2D eigenvalue weighted by Crippen LogP contribution is -2.27. The number of aromatic nitrogens is 2. The number of fused-ring (bicyclic) bond motifs is 2. The highest BCUT2D eigenvalue weighted by Crippen LogP contribution is 2.45. The van der Waals surface area contributed by atoms with Crippen LogP contribution in [-0.4, -0.2) is 22.6 Å². The van der Waals surface area contributed by atoms with Crippen molar-refractivity contribution in [3.05, 3.63) is 12.0 Å². The molecule has 5 heteroatoms. The zero-order valence-electron chi connectivity index (χ0n) is 11.3. The summed E-state index contributed by atoms with van der Waals surface area (Å²) in [6.07, 6.45) is 7.32. The summed E-state index contributed by atoms with van der Waals surface area (Å²) in [4.78, 5) is 8.21. The van der Waals surface area contributed by atoms with Crippen molar-refractivity contribution in [2.24, 2.45) is 11.8 Å². The highest BCUT2D eigenvalue weighted by Gasteiger charge is 2.39. The van der Waals surface area contributed by atoms with Gasteiger partial charge in [0, 0.05) is 12.6 Å². The average molecular weight is 264 g/mol. The molecule has 1 aromatic heterocycles. The molecule has 19 heavy (non-hydrogen) atoms. The van der Waals surface area contributed by atoms with Crippen LogP contribution in [0.3, 0.4) is 0 Å². The van der Waals surface area contributed by atoms with Crippen LogP contribution < -0.4 is 10.6 Å². The van der Waals surface area contributed by atoms with Gasteiger partial charge < -0.3 is 10.6 Å². The smallest absolute Gasteiger partial charge is 0.224 e. The van der Waals surface area contributed by atoms with E-state index in [1.807, 2.05) is 0 Å². The van der Waals surface area contributed by atoms with Gasteiger partial charge in [0.15, 0.2) is 11.6 Å². The first-order chi connectivity index (χ1) is 9.26. The predicted molar refractivity (Wildman–Crippen MR) is 73.6 cm³/mol. The molecule has 2 N–H and O–H groups in total. The topological polar surface area (TPSA) is 49.8 Å². The first-order valence-corrected chi connectivity index (χ1v) is 7.29. The van der Waals surface area contributed by atoms with Gasteiger partial charge in [-0.2, -0.15) is 4.98 Å². The van der Waals surface area contributed by atoms with E-state index in [0.29, 0.717) is 23.7 Å². The average Bonchev–Trinajstić information content (AvgIpc) is 3.02. The molecule has 4 nitrogen and oxygen atoms in total. The summed E-state index contributed by atoms with van der Waals surface area (Å²) in [6.45, 7) is 2.88. The molecule has 0 aliphatic heterocycles. The van der Waals surface area contributed by atoms with Gasteiger partial charge in [0.05, 0.1) is 6.20 Å². The minimum Gasteiger partial charge on any atom is -0.364 e. The molecule has 3 unspecified atom stereocenters. The van der Waals surface area contributed by atoms with E-state index in [0.717, 1.165) is 25.3 Å². The van der Waals surface area contributed by atoms with Gasteiger partial charge in [-0.1, -0.05) is 13.3 Å². The third-order valence-corrected chi connectivity index (χ3v) is 4.34. The van der Waals surface area contributed by atoms with Gasteiger partial charge in [-0.25, -0.2) is 9.37 Å². The molecule has 2 aliphatic rings. The lowest BCUT2D eigenvalue weighted by Gasteiger charge is -2.23. The van der Waals surface area contributed by atoms with Crippen molar-refractivity contribution >= 4 is 11.8 Å². The Morgan fingerprint density at radius 2 is 2.26 bits per heavy atom. The van der Waals surface area contributed by atoms with Gasteiger partial charge in [-0.15, -0.1) is 0 Å². The van der Waals surface area contributed by atoms with E-state index in [2.05, 4.69) is 27.5 Å². The standard InChI is InChI=1S/C14H21FN4/c1-2-5-16-14-17-8-11(15)13(19-14)18-12-7-9-3-4-10(12)6-9/h8-10,12H,2-7H2,1H3,(H2,16,17,18,19). The van der Waals surface area contributed by atoms with Gasteiger partial charge >= 0.3 is 0 Å². The van der Waals surface area contributed by atoms with Gasteiger partial charge in [-0.05, 0) is 37.5 Å². The first-order valence-electron chi connectivity index (χ1n) is 7.29. The number of rotatable bonds is 5. The molecule has 2 bridgehead atoms. The lowest BCUT2D eigenvalue weighted by molar-refractivity contribution is 0.436. The third kappa shape index (κ3) is 2.65. The second-order valence-corrected chi connectivity index (χ2v) is 5.74. The number of nitrogens with one attached hydrogen (secondary N) is 2. The summed E-state index contributed by atoms with van der Waals surface area (Å²) in [5.41, 5.74) is 0. The maximum Gasteiger partial charge on any atom is 0.224 e. The Balaban J connectivity index is 1.69. The Morgan fingerprint density at radius 3 is 2.95 bits per heavy atom. The normalized spacial score (nSPS) is 28.6. The van der Waals surface area contributed by atoms with Gasteiger partial charge in [0.2, 0.25) is 5.95 Å². The first kappa shape index (κ1) is 12.6. The fourth-order valence-corrected chi connectivity index (χ4v) is 3.39. The monoisotopic (exact) mass is 264 g/mol. The van der Waals surface area contributed by atoms with Crippen molar-refractivity contribution in [2.45, 2.75) is 45.1 Å². The third-order valence-electron chi connectivity index (χ3n) is 4.34. The molecule has 1 heterocycles. The van der Waals surface area contributed by atoms with Crippen molar-refractivity contribution in [2.75, 3.05) is 17.2 Å². The molecule has 2 saturated carbocycles. The second-order valence-electron chi connectivity index (χ2n) is 5.74. The molecule has 0 saturated heterocycles. The Hall–Kier alpha value is -1.39. The van der Waals surface area contributed by atoms with Crippen LogP contribution in [0.25, 0.3) is 0 Å². The number of nitrogens with zero attached hydrogens (tertiary/aromatic N) is 2. The fraction of sp³-hybridized carbons (Fsp3) is 0.714. The van der Waals surface area contributed by atoms with Gasteiger partial charge in [-0.3, -0.25) is 0 Å². The Bertz CT molecular complexity index is 451.